The highest BCUT2D eigenvalue weighted by Crippen LogP contribution is 2.38. The maximum atomic E-state index is 13.6. The fourth-order valence-corrected chi connectivity index (χ4v) is 4.63. The molecule has 0 radical (unpaired) electrons. The van der Waals surface area contributed by atoms with Crippen LogP contribution in [0.5, 0.6) is 0 Å². The Hall–Kier alpha value is -2.93. The summed E-state index contributed by atoms with van der Waals surface area (Å²) in [5, 5.41) is 9.57. The van der Waals surface area contributed by atoms with Crippen molar-refractivity contribution in [1.29, 1.82) is 5.26 Å². The molecule has 2 aromatic rings. The molecule has 1 amide bonds. The number of aromatic nitrogens is 1. The molecule has 2 fully saturated rings. The van der Waals surface area contributed by atoms with Crippen LogP contribution in [0.3, 0.4) is 0 Å². The molecule has 1 aromatic heterocycles. The number of pyridine rings is 1. The lowest BCUT2D eigenvalue weighted by molar-refractivity contribution is -0.136. The van der Waals surface area contributed by atoms with Gasteiger partial charge >= 0.3 is 6.18 Å². The average molecular weight is 449 g/mol. The smallest absolute Gasteiger partial charge is 0.370 e. The van der Waals surface area contributed by atoms with Gasteiger partial charge in [-0.05, 0) is 30.7 Å². The molecule has 0 saturated carbocycles. The fourth-order valence-electron chi connectivity index (χ4n) is 4.63. The molecule has 0 N–H and O–H groups in total. The molecule has 3 heterocycles. The summed E-state index contributed by atoms with van der Waals surface area (Å²) in [4.78, 5) is 21.8. The van der Waals surface area contributed by atoms with Crippen LogP contribution in [0.4, 0.5) is 23.2 Å². The number of alkyl halides is 4. The first-order valence-electron chi connectivity index (χ1n) is 10.4. The van der Waals surface area contributed by atoms with Crippen molar-refractivity contribution in [3.8, 4) is 6.07 Å². The molecule has 4 rings (SSSR count). The Kier molecular flexibility index (Phi) is 5.95. The maximum Gasteiger partial charge on any atom is 0.418 e. The number of hydrogen-bond acceptors (Lipinski definition) is 5. The second-order valence-corrected chi connectivity index (χ2v) is 8.34. The Bertz CT molecular complexity index is 1050. The lowest BCUT2D eigenvalue weighted by Crippen LogP contribution is -2.43. The number of nitrogens with zero attached hydrogens (tertiary/aromatic N) is 5. The third-order valence-electron chi connectivity index (χ3n) is 6.31. The Morgan fingerprint density at radius 3 is 2.81 bits per heavy atom. The Balaban J connectivity index is 1.48. The molecule has 6 nitrogen and oxygen atoms in total. The molecular formula is C22H23F4N5O. The molecule has 2 aliphatic rings. The lowest BCUT2D eigenvalue weighted by Gasteiger charge is -2.29. The summed E-state index contributed by atoms with van der Waals surface area (Å²) in [5.41, 5.74) is -0.219. The molecule has 32 heavy (non-hydrogen) atoms. The van der Waals surface area contributed by atoms with Gasteiger partial charge in [-0.1, -0.05) is 0 Å². The zero-order valence-corrected chi connectivity index (χ0v) is 17.5. The van der Waals surface area contributed by atoms with Crippen molar-refractivity contribution in [3.05, 3.63) is 36.0 Å². The monoisotopic (exact) mass is 449 g/mol. The van der Waals surface area contributed by atoms with E-state index in [0.29, 0.717) is 24.2 Å². The average Bonchev–Trinajstić information content (AvgIpc) is 3.38. The first-order chi connectivity index (χ1) is 15.2. The predicted molar refractivity (Wildman–Crippen MR) is 111 cm³/mol. The lowest BCUT2D eigenvalue weighted by atomic mass is 10.1. The third kappa shape index (κ3) is 4.21. The van der Waals surface area contributed by atoms with Gasteiger partial charge in [-0.25, -0.2) is 4.39 Å². The summed E-state index contributed by atoms with van der Waals surface area (Å²) in [7, 11) is 1.82. The van der Waals surface area contributed by atoms with Crippen LogP contribution in [0.15, 0.2) is 30.5 Å². The number of nitriles is 1. The normalized spacial score (nSPS) is 24.1. The summed E-state index contributed by atoms with van der Waals surface area (Å²) in [6.45, 7) is 1.19. The Morgan fingerprint density at radius 2 is 2.09 bits per heavy atom. The van der Waals surface area contributed by atoms with Crippen LogP contribution in [-0.2, 0) is 11.0 Å². The van der Waals surface area contributed by atoms with Crippen LogP contribution in [0.25, 0.3) is 10.9 Å². The minimum atomic E-state index is -4.50. The van der Waals surface area contributed by atoms with Gasteiger partial charge in [0.25, 0.3) is 0 Å². The highest BCUT2D eigenvalue weighted by molar-refractivity contribution is 5.94. The minimum absolute atomic E-state index is 0.0118. The first kappa shape index (κ1) is 22.3. The Morgan fingerprint density at radius 1 is 1.31 bits per heavy atom. The molecule has 10 heteroatoms. The molecule has 0 bridgehead atoms. The number of likely N-dealkylation sites (tertiary alicyclic amines) is 2. The van der Waals surface area contributed by atoms with Crippen molar-refractivity contribution in [2.45, 2.75) is 37.3 Å². The van der Waals surface area contributed by atoms with E-state index in [-0.39, 0.29) is 37.0 Å². The number of likely N-dealkylation sites (N-methyl/N-ethyl adjacent to an activating group) is 1. The predicted octanol–water partition coefficient (Wildman–Crippen LogP) is 3.23. The van der Waals surface area contributed by atoms with Crippen LogP contribution in [0.2, 0.25) is 0 Å². The van der Waals surface area contributed by atoms with Gasteiger partial charge in [0.2, 0.25) is 5.91 Å². The minimum Gasteiger partial charge on any atom is -0.370 e. The molecule has 1 unspecified atom stereocenters. The van der Waals surface area contributed by atoms with Crippen molar-refractivity contribution in [1.82, 2.24) is 14.8 Å². The summed E-state index contributed by atoms with van der Waals surface area (Å²) in [5.74, 6) is -0.274. The topological polar surface area (TPSA) is 63.5 Å². The van der Waals surface area contributed by atoms with Crippen LogP contribution < -0.4 is 4.90 Å². The SMILES string of the molecule is CN(c1ccc(C(F)(F)F)c2ncccc12)[C@H]1CCN(CC(=O)N2C[C@@H](F)CC2C#N)C1. The van der Waals surface area contributed by atoms with Crippen molar-refractivity contribution >= 4 is 22.5 Å². The van der Waals surface area contributed by atoms with Gasteiger partial charge in [-0.2, -0.15) is 18.4 Å². The number of hydrogen-bond donors (Lipinski definition) is 0. The van der Waals surface area contributed by atoms with Crippen molar-refractivity contribution < 1.29 is 22.4 Å². The van der Waals surface area contributed by atoms with E-state index in [1.54, 1.807) is 12.1 Å². The van der Waals surface area contributed by atoms with E-state index in [0.717, 1.165) is 12.5 Å². The quantitative estimate of drug-likeness (QED) is 0.671. The van der Waals surface area contributed by atoms with Crippen LogP contribution in [0.1, 0.15) is 18.4 Å². The molecular weight excluding hydrogens is 426 g/mol. The van der Waals surface area contributed by atoms with Gasteiger partial charge < -0.3 is 9.80 Å². The standard InChI is InChI=1S/C22H23F4N5O/c1-29(19-5-4-18(22(24,25)26)21-17(19)3-2-7-28-21)15-6-8-30(12-15)13-20(32)31-11-14(23)9-16(31)10-27/h2-5,7,14-16H,6,8-9,11-13H2,1H3/t14-,15-,16?/m0/s1. The first-order valence-corrected chi connectivity index (χ1v) is 10.4. The van der Waals surface area contributed by atoms with Gasteiger partial charge in [0.1, 0.15) is 12.2 Å². The summed E-state index contributed by atoms with van der Waals surface area (Å²) >= 11 is 0. The van der Waals surface area contributed by atoms with Crippen molar-refractivity contribution in [2.75, 3.05) is 38.1 Å². The van der Waals surface area contributed by atoms with Crippen molar-refractivity contribution in [2.24, 2.45) is 0 Å². The third-order valence-corrected chi connectivity index (χ3v) is 6.31. The zero-order valence-electron chi connectivity index (χ0n) is 17.5. The fraction of sp³-hybridized carbons (Fsp3) is 0.500. The number of amides is 1. The van der Waals surface area contributed by atoms with Gasteiger partial charge in [0, 0.05) is 49.9 Å². The molecule has 1 aromatic carbocycles. The number of carbonyl (C=O) groups excluding carboxylic acids is 1. The van der Waals surface area contributed by atoms with E-state index in [1.165, 1.54) is 17.2 Å². The number of benzene rings is 1. The van der Waals surface area contributed by atoms with E-state index in [1.807, 2.05) is 22.9 Å². The molecule has 2 saturated heterocycles. The van der Waals surface area contributed by atoms with Crippen LogP contribution >= 0.6 is 0 Å². The second-order valence-electron chi connectivity index (χ2n) is 8.34. The van der Waals surface area contributed by atoms with Gasteiger partial charge in [0.05, 0.1) is 30.2 Å². The molecule has 0 aliphatic carbocycles. The molecule has 2 aliphatic heterocycles. The number of anilines is 1. The summed E-state index contributed by atoms with van der Waals surface area (Å²) in [6, 6.07) is 7.00. The summed E-state index contributed by atoms with van der Waals surface area (Å²) < 4.78 is 53.8. The van der Waals surface area contributed by atoms with E-state index in [2.05, 4.69) is 4.98 Å². The second kappa shape index (κ2) is 8.54. The van der Waals surface area contributed by atoms with E-state index >= 15 is 0 Å². The van der Waals surface area contributed by atoms with Gasteiger partial charge in [-0.3, -0.25) is 14.7 Å². The maximum absolute atomic E-state index is 13.6. The van der Waals surface area contributed by atoms with Crippen LogP contribution in [0, 0.1) is 11.3 Å². The highest BCUT2D eigenvalue weighted by atomic mass is 19.4. The van der Waals surface area contributed by atoms with E-state index in [4.69, 9.17) is 5.26 Å². The number of halogens is 4. The number of fused-ring (bicyclic) bond motifs is 1. The molecule has 170 valence electrons. The van der Waals surface area contributed by atoms with E-state index in [9.17, 15) is 22.4 Å². The Labute approximate surface area is 183 Å². The largest absolute Gasteiger partial charge is 0.418 e. The number of rotatable bonds is 4. The molecule has 3 atom stereocenters. The van der Waals surface area contributed by atoms with E-state index < -0.39 is 24.0 Å². The number of carbonyl (C=O) groups is 1. The highest BCUT2D eigenvalue weighted by Gasteiger charge is 2.38. The van der Waals surface area contributed by atoms with Crippen LogP contribution in [-0.4, -0.2) is 72.2 Å². The molecule has 0 spiro atoms. The van der Waals surface area contributed by atoms with Gasteiger partial charge in [-0.15, -0.1) is 0 Å². The summed E-state index contributed by atoms with van der Waals surface area (Å²) in [6.07, 6.45) is -3.56. The van der Waals surface area contributed by atoms with Gasteiger partial charge in [0.15, 0.2) is 0 Å². The van der Waals surface area contributed by atoms with Crippen molar-refractivity contribution in [3.63, 3.8) is 0 Å². The zero-order chi connectivity index (χ0) is 23.0.